The largest absolute Gasteiger partial charge is 0.376 e. The molecule has 1 fully saturated rings. The Bertz CT molecular complexity index is 396. The first-order chi connectivity index (χ1) is 9.21. The van der Waals surface area contributed by atoms with Crippen molar-refractivity contribution >= 4 is 11.6 Å². The van der Waals surface area contributed by atoms with E-state index in [-0.39, 0.29) is 11.5 Å². The molecule has 1 nitrogen and oxygen atoms in total. The van der Waals surface area contributed by atoms with Crippen LogP contribution in [0, 0.1) is 0 Å². The van der Waals surface area contributed by atoms with Crippen LogP contribution in [-0.4, -0.2) is 12.7 Å². The number of alkyl halides is 1. The second-order valence-corrected chi connectivity index (χ2v) is 5.81. The number of ether oxygens (including phenoxy) is 1. The van der Waals surface area contributed by atoms with Gasteiger partial charge in [-0.25, -0.2) is 0 Å². The van der Waals surface area contributed by atoms with Crippen molar-refractivity contribution in [2.75, 3.05) is 6.61 Å². The van der Waals surface area contributed by atoms with E-state index >= 15 is 0 Å². The fraction of sp³-hybridized carbons (Fsp3) is 0.647. The first-order valence-electron chi connectivity index (χ1n) is 7.61. The molecular formula is C17H25ClO. The molecule has 0 amide bonds. The molecule has 0 bridgehead atoms. The highest BCUT2D eigenvalue weighted by Crippen LogP contribution is 2.37. The summed E-state index contributed by atoms with van der Waals surface area (Å²) >= 11 is 6.75. The maximum Gasteiger partial charge on any atom is 0.0852 e. The van der Waals surface area contributed by atoms with Gasteiger partial charge in [0.25, 0.3) is 0 Å². The second kappa shape index (κ2) is 6.76. The summed E-state index contributed by atoms with van der Waals surface area (Å²) in [5, 5.41) is 0.0123. The zero-order chi connectivity index (χ0) is 13.8. The molecule has 0 radical (unpaired) electrons. The number of aryl methyl sites for hydroxylation is 3. The number of rotatable bonds is 5. The molecule has 1 aromatic rings. The molecule has 0 aromatic heterocycles. The summed E-state index contributed by atoms with van der Waals surface area (Å²) in [5.41, 5.74) is 5.59. The number of hydrogen-bond donors (Lipinski definition) is 0. The summed E-state index contributed by atoms with van der Waals surface area (Å²) in [5.74, 6) is 0. The Labute approximate surface area is 122 Å². The molecular weight excluding hydrogens is 256 g/mol. The van der Waals surface area contributed by atoms with Crippen molar-refractivity contribution in [3.63, 3.8) is 0 Å². The van der Waals surface area contributed by atoms with Crippen molar-refractivity contribution in [1.29, 1.82) is 0 Å². The minimum atomic E-state index is 0.0123. The fourth-order valence-corrected chi connectivity index (χ4v) is 3.49. The van der Waals surface area contributed by atoms with Gasteiger partial charge in [0.05, 0.1) is 11.5 Å². The summed E-state index contributed by atoms with van der Waals surface area (Å²) in [4.78, 5) is 0. The lowest BCUT2D eigenvalue weighted by Gasteiger charge is -2.23. The standard InChI is InChI=1S/C17H25ClO/c1-4-12-10-13(5-2)16(14(6-3)11-12)17(18)15-8-7-9-19-15/h10-11,15,17H,4-9H2,1-3H3. The van der Waals surface area contributed by atoms with Crippen LogP contribution in [-0.2, 0) is 24.0 Å². The van der Waals surface area contributed by atoms with E-state index in [4.69, 9.17) is 16.3 Å². The Balaban J connectivity index is 2.40. The van der Waals surface area contributed by atoms with Crippen molar-refractivity contribution in [2.24, 2.45) is 0 Å². The van der Waals surface area contributed by atoms with E-state index in [1.54, 1.807) is 0 Å². The van der Waals surface area contributed by atoms with E-state index in [9.17, 15) is 0 Å². The quantitative estimate of drug-likeness (QED) is 0.702. The monoisotopic (exact) mass is 280 g/mol. The third-order valence-electron chi connectivity index (χ3n) is 4.15. The summed E-state index contributed by atoms with van der Waals surface area (Å²) in [6.07, 6.45) is 5.62. The lowest BCUT2D eigenvalue weighted by Crippen LogP contribution is -2.16. The van der Waals surface area contributed by atoms with Crippen LogP contribution in [0.5, 0.6) is 0 Å². The minimum absolute atomic E-state index is 0.0123. The molecule has 1 heterocycles. The van der Waals surface area contributed by atoms with Crippen molar-refractivity contribution in [1.82, 2.24) is 0 Å². The zero-order valence-corrected chi connectivity index (χ0v) is 13.1. The van der Waals surface area contributed by atoms with Gasteiger partial charge in [-0.3, -0.25) is 0 Å². The van der Waals surface area contributed by atoms with Crippen molar-refractivity contribution in [2.45, 2.75) is 64.4 Å². The summed E-state index contributed by atoms with van der Waals surface area (Å²) in [6, 6.07) is 4.66. The van der Waals surface area contributed by atoms with Crippen LogP contribution in [0.2, 0.25) is 0 Å². The summed E-state index contributed by atoms with van der Waals surface area (Å²) < 4.78 is 5.79. The fourth-order valence-electron chi connectivity index (χ4n) is 3.01. The molecule has 106 valence electrons. The third kappa shape index (κ3) is 3.14. The van der Waals surface area contributed by atoms with E-state index in [1.807, 2.05) is 0 Å². The molecule has 1 aliphatic heterocycles. The molecule has 0 saturated carbocycles. The van der Waals surface area contributed by atoms with Gasteiger partial charge in [0.1, 0.15) is 0 Å². The van der Waals surface area contributed by atoms with Crippen LogP contribution in [0.3, 0.4) is 0 Å². The lowest BCUT2D eigenvalue weighted by molar-refractivity contribution is 0.107. The Kier molecular flexibility index (Phi) is 5.29. The second-order valence-electron chi connectivity index (χ2n) is 5.34. The molecule has 2 rings (SSSR count). The van der Waals surface area contributed by atoms with Crippen LogP contribution in [0.15, 0.2) is 12.1 Å². The van der Waals surface area contributed by atoms with E-state index in [0.717, 1.165) is 38.7 Å². The third-order valence-corrected chi connectivity index (χ3v) is 4.65. The van der Waals surface area contributed by atoms with Gasteiger partial charge < -0.3 is 4.74 Å². The Morgan fingerprint density at radius 1 is 1.16 bits per heavy atom. The Morgan fingerprint density at radius 3 is 2.21 bits per heavy atom. The maximum atomic E-state index is 6.75. The van der Waals surface area contributed by atoms with Crippen LogP contribution in [0.1, 0.15) is 61.2 Å². The first kappa shape index (κ1) is 14.9. The molecule has 2 unspecified atom stereocenters. The topological polar surface area (TPSA) is 9.23 Å². The molecule has 1 saturated heterocycles. The average Bonchev–Trinajstić information content (AvgIpc) is 2.99. The first-order valence-corrected chi connectivity index (χ1v) is 8.05. The molecule has 0 spiro atoms. The SMILES string of the molecule is CCc1cc(CC)c(C(Cl)C2CCCO2)c(CC)c1. The van der Waals surface area contributed by atoms with E-state index in [2.05, 4.69) is 32.9 Å². The molecule has 19 heavy (non-hydrogen) atoms. The lowest BCUT2D eigenvalue weighted by atomic mass is 9.89. The van der Waals surface area contributed by atoms with E-state index in [1.165, 1.54) is 22.3 Å². The van der Waals surface area contributed by atoms with Gasteiger partial charge >= 0.3 is 0 Å². The van der Waals surface area contributed by atoms with Crippen molar-refractivity contribution in [3.05, 3.63) is 34.4 Å². The van der Waals surface area contributed by atoms with Crippen molar-refractivity contribution < 1.29 is 4.74 Å². The van der Waals surface area contributed by atoms with Gasteiger partial charge in [-0.05, 0) is 54.4 Å². The van der Waals surface area contributed by atoms with Crippen molar-refractivity contribution in [3.8, 4) is 0 Å². The number of benzene rings is 1. The Morgan fingerprint density at radius 2 is 1.79 bits per heavy atom. The van der Waals surface area contributed by atoms with Crippen LogP contribution >= 0.6 is 11.6 Å². The highest BCUT2D eigenvalue weighted by Gasteiger charge is 2.28. The molecule has 1 aliphatic rings. The normalized spacial score (nSPS) is 20.7. The van der Waals surface area contributed by atoms with Crippen LogP contribution in [0.25, 0.3) is 0 Å². The minimum Gasteiger partial charge on any atom is -0.376 e. The molecule has 0 N–H and O–H groups in total. The summed E-state index contributed by atoms with van der Waals surface area (Å²) in [7, 11) is 0. The highest BCUT2D eigenvalue weighted by molar-refractivity contribution is 6.21. The number of hydrogen-bond acceptors (Lipinski definition) is 1. The van der Waals surface area contributed by atoms with Crippen LogP contribution < -0.4 is 0 Å². The summed E-state index contributed by atoms with van der Waals surface area (Å²) in [6.45, 7) is 7.52. The van der Waals surface area contributed by atoms with E-state index < -0.39 is 0 Å². The predicted octanol–water partition coefficient (Wildman–Crippen LogP) is 4.83. The predicted molar refractivity (Wildman–Crippen MR) is 82.1 cm³/mol. The van der Waals surface area contributed by atoms with Gasteiger partial charge in [0, 0.05) is 6.61 Å². The number of halogens is 1. The van der Waals surface area contributed by atoms with Gasteiger partial charge in [-0.1, -0.05) is 32.9 Å². The Hall–Kier alpha value is -0.530. The smallest absolute Gasteiger partial charge is 0.0852 e. The average molecular weight is 281 g/mol. The maximum absolute atomic E-state index is 6.75. The molecule has 0 aliphatic carbocycles. The van der Waals surface area contributed by atoms with Gasteiger partial charge in [0.15, 0.2) is 0 Å². The zero-order valence-electron chi connectivity index (χ0n) is 12.3. The van der Waals surface area contributed by atoms with Crippen LogP contribution in [0.4, 0.5) is 0 Å². The van der Waals surface area contributed by atoms with E-state index in [0.29, 0.717) is 0 Å². The molecule has 2 atom stereocenters. The van der Waals surface area contributed by atoms with Gasteiger partial charge in [-0.15, -0.1) is 11.6 Å². The molecule has 1 aromatic carbocycles. The highest BCUT2D eigenvalue weighted by atomic mass is 35.5. The van der Waals surface area contributed by atoms with Gasteiger partial charge in [-0.2, -0.15) is 0 Å². The molecule has 2 heteroatoms. The van der Waals surface area contributed by atoms with Gasteiger partial charge in [0.2, 0.25) is 0 Å².